The molecule has 0 spiro atoms. The first-order valence-corrected chi connectivity index (χ1v) is 9.60. The molecule has 0 bridgehead atoms. The Kier molecular flexibility index (Phi) is 4.14. The predicted molar refractivity (Wildman–Crippen MR) is 98.0 cm³/mol. The van der Waals surface area contributed by atoms with Gasteiger partial charge in [-0.25, -0.2) is 0 Å². The number of phenolic OH excluding ortho intramolecular Hbond substituents is 1. The molecule has 2 saturated carbocycles. The smallest absolute Gasteiger partial charge is 0.177 e. The third-order valence-corrected chi connectivity index (χ3v) is 6.85. The number of carbonyl (C=O) groups excluding carboxylic acids is 5. The van der Waals surface area contributed by atoms with Crippen molar-refractivity contribution in [2.45, 2.75) is 40.0 Å². The van der Waals surface area contributed by atoms with Crippen LogP contribution >= 0.6 is 0 Å². The quantitative estimate of drug-likeness (QED) is 0.744. The number of rotatable bonds is 1. The van der Waals surface area contributed by atoms with Crippen LogP contribution in [0.5, 0.6) is 5.75 Å². The molecule has 0 aromatic heterocycles. The van der Waals surface area contributed by atoms with E-state index in [0.29, 0.717) is 24.0 Å². The lowest BCUT2D eigenvalue weighted by Crippen LogP contribution is -2.55. The number of hydrogen-bond acceptors (Lipinski definition) is 6. The molecule has 5 atom stereocenters. The Morgan fingerprint density at radius 1 is 1.00 bits per heavy atom. The van der Waals surface area contributed by atoms with Crippen LogP contribution in [0.1, 0.15) is 46.8 Å². The van der Waals surface area contributed by atoms with E-state index >= 15 is 0 Å². The van der Waals surface area contributed by atoms with Gasteiger partial charge in [0.15, 0.2) is 23.1 Å². The second-order valence-electron chi connectivity index (χ2n) is 8.50. The summed E-state index contributed by atoms with van der Waals surface area (Å²) in [5.41, 5.74) is 2.37. The minimum atomic E-state index is -1.38. The largest absolute Gasteiger partial charge is 0.507 e. The van der Waals surface area contributed by atoms with Gasteiger partial charge in [-0.1, -0.05) is 6.07 Å². The molecular formula is C22H22O6. The molecule has 0 amide bonds. The first-order chi connectivity index (χ1) is 13.1. The topological polar surface area (TPSA) is 106 Å². The lowest BCUT2D eigenvalue weighted by molar-refractivity contribution is -0.152. The van der Waals surface area contributed by atoms with Gasteiger partial charge in [-0.2, -0.15) is 0 Å². The number of Topliss-reactive ketones (excluding diaryl/α,β-unsaturated/α-hetero) is 5. The van der Waals surface area contributed by atoms with E-state index in [4.69, 9.17) is 0 Å². The molecule has 28 heavy (non-hydrogen) atoms. The summed E-state index contributed by atoms with van der Waals surface area (Å²) in [5.74, 6) is -6.84. The molecule has 0 aliphatic heterocycles. The van der Waals surface area contributed by atoms with Gasteiger partial charge in [0.2, 0.25) is 0 Å². The van der Waals surface area contributed by atoms with E-state index in [0.717, 1.165) is 5.56 Å². The zero-order valence-corrected chi connectivity index (χ0v) is 16.1. The van der Waals surface area contributed by atoms with Gasteiger partial charge in [-0.3, -0.25) is 24.0 Å². The molecule has 0 radical (unpaired) electrons. The Morgan fingerprint density at radius 3 is 2.29 bits per heavy atom. The fourth-order valence-electron chi connectivity index (χ4n) is 5.42. The molecule has 146 valence electrons. The van der Waals surface area contributed by atoms with Crippen molar-refractivity contribution in [2.24, 2.45) is 29.6 Å². The zero-order chi connectivity index (χ0) is 20.5. The highest BCUT2D eigenvalue weighted by molar-refractivity contribution is 6.27. The Bertz CT molecular complexity index is 972. The molecule has 3 aliphatic carbocycles. The van der Waals surface area contributed by atoms with E-state index in [1.165, 1.54) is 6.92 Å². The van der Waals surface area contributed by atoms with E-state index in [-0.39, 0.29) is 23.7 Å². The Balaban J connectivity index is 1.77. The number of phenols is 1. The highest BCUT2D eigenvalue weighted by Crippen LogP contribution is 2.48. The maximum absolute atomic E-state index is 13.2. The summed E-state index contributed by atoms with van der Waals surface area (Å²) in [6.45, 7) is 4.76. The molecule has 2 fully saturated rings. The van der Waals surface area contributed by atoms with Crippen molar-refractivity contribution in [1.29, 1.82) is 0 Å². The van der Waals surface area contributed by atoms with Crippen LogP contribution in [0, 0.1) is 43.4 Å². The molecule has 6 nitrogen and oxygen atoms in total. The fourth-order valence-corrected chi connectivity index (χ4v) is 5.42. The van der Waals surface area contributed by atoms with Gasteiger partial charge >= 0.3 is 0 Å². The van der Waals surface area contributed by atoms with Gasteiger partial charge < -0.3 is 5.11 Å². The summed E-state index contributed by atoms with van der Waals surface area (Å²) in [7, 11) is 0. The fraction of sp³-hybridized carbons (Fsp3) is 0.500. The van der Waals surface area contributed by atoms with Crippen molar-refractivity contribution in [3.63, 3.8) is 0 Å². The van der Waals surface area contributed by atoms with E-state index in [9.17, 15) is 29.1 Å². The normalized spacial score (nSPS) is 31.9. The number of fused-ring (bicyclic) bond motifs is 3. The first-order valence-electron chi connectivity index (χ1n) is 9.60. The molecular weight excluding hydrogens is 360 g/mol. The minimum absolute atomic E-state index is 0.0227. The summed E-state index contributed by atoms with van der Waals surface area (Å²) in [5, 5.41) is 10.5. The highest BCUT2D eigenvalue weighted by Gasteiger charge is 2.57. The Hall–Kier alpha value is -2.63. The zero-order valence-electron chi connectivity index (χ0n) is 16.1. The van der Waals surface area contributed by atoms with Crippen LogP contribution in [-0.2, 0) is 25.6 Å². The lowest BCUT2D eigenvalue weighted by Gasteiger charge is -2.44. The third-order valence-electron chi connectivity index (χ3n) is 6.85. The van der Waals surface area contributed by atoms with Gasteiger partial charge in [-0.05, 0) is 62.1 Å². The number of hydrogen-bond donors (Lipinski definition) is 1. The predicted octanol–water partition coefficient (Wildman–Crippen LogP) is 1.93. The van der Waals surface area contributed by atoms with Crippen LogP contribution in [0.3, 0.4) is 0 Å². The van der Waals surface area contributed by atoms with Crippen molar-refractivity contribution >= 4 is 28.9 Å². The SMILES string of the molecule is CC(=O)C1C(=O)CC2CC3Cc4cc(C)c(C)c(O)c4C(=O)C3C(=O)C2C1=O. The number of aromatic hydroxyl groups is 1. The van der Waals surface area contributed by atoms with Gasteiger partial charge in [0.05, 0.1) is 17.4 Å². The molecule has 1 aromatic rings. The van der Waals surface area contributed by atoms with E-state index in [2.05, 4.69) is 0 Å². The minimum Gasteiger partial charge on any atom is -0.507 e. The van der Waals surface area contributed by atoms with E-state index in [1.807, 2.05) is 13.0 Å². The van der Waals surface area contributed by atoms with Crippen molar-refractivity contribution < 1.29 is 29.1 Å². The third kappa shape index (κ3) is 2.43. The molecule has 0 saturated heterocycles. The number of aryl methyl sites for hydroxylation is 1. The van der Waals surface area contributed by atoms with Gasteiger partial charge in [-0.15, -0.1) is 0 Å². The number of benzene rings is 1. The molecule has 5 unspecified atom stereocenters. The molecule has 1 N–H and O–H groups in total. The van der Waals surface area contributed by atoms with Gasteiger partial charge in [0.1, 0.15) is 17.5 Å². The van der Waals surface area contributed by atoms with E-state index < -0.39 is 52.6 Å². The second kappa shape index (κ2) is 6.19. The number of carbonyl (C=O) groups is 5. The summed E-state index contributed by atoms with van der Waals surface area (Å²) in [6, 6.07) is 1.87. The monoisotopic (exact) mass is 382 g/mol. The van der Waals surface area contributed by atoms with E-state index in [1.54, 1.807) is 6.92 Å². The molecule has 4 rings (SSSR count). The highest BCUT2D eigenvalue weighted by atomic mass is 16.3. The van der Waals surface area contributed by atoms with Crippen molar-refractivity contribution in [1.82, 2.24) is 0 Å². The molecule has 3 aliphatic rings. The summed E-state index contributed by atoms with van der Waals surface area (Å²) >= 11 is 0. The van der Waals surface area contributed by atoms with Crippen LogP contribution in [0.15, 0.2) is 6.07 Å². The van der Waals surface area contributed by atoms with Crippen LogP contribution < -0.4 is 0 Å². The first kappa shape index (κ1) is 18.7. The van der Waals surface area contributed by atoms with Crippen LogP contribution in [-0.4, -0.2) is 34.0 Å². The molecule has 1 aromatic carbocycles. The van der Waals surface area contributed by atoms with Crippen LogP contribution in [0.2, 0.25) is 0 Å². The van der Waals surface area contributed by atoms with Gasteiger partial charge in [0.25, 0.3) is 0 Å². The van der Waals surface area contributed by atoms with Crippen LogP contribution in [0.25, 0.3) is 0 Å². The van der Waals surface area contributed by atoms with Crippen molar-refractivity contribution in [3.05, 3.63) is 28.3 Å². The molecule has 6 heteroatoms. The second-order valence-corrected chi connectivity index (χ2v) is 8.50. The standard InChI is InChI=1S/C22H22O6/c1-8-4-11-5-12-6-13-7-14(24)15(10(3)23)20(26)18(13)22(28)17(12)21(27)16(11)19(25)9(8)2/h4,12-13,15,17-18,25H,5-7H2,1-3H3. The maximum atomic E-state index is 13.2. The summed E-state index contributed by atoms with van der Waals surface area (Å²) in [6.07, 6.45) is 0.894. The van der Waals surface area contributed by atoms with Crippen LogP contribution in [0.4, 0.5) is 0 Å². The number of ketones is 5. The van der Waals surface area contributed by atoms with Crippen molar-refractivity contribution in [2.75, 3.05) is 0 Å². The summed E-state index contributed by atoms with van der Waals surface area (Å²) < 4.78 is 0. The average Bonchev–Trinajstić information content (AvgIpc) is 2.58. The average molecular weight is 382 g/mol. The maximum Gasteiger partial charge on any atom is 0.177 e. The molecule has 0 heterocycles. The lowest BCUT2D eigenvalue weighted by atomic mass is 9.56. The Labute approximate surface area is 162 Å². The van der Waals surface area contributed by atoms with Gasteiger partial charge in [0, 0.05) is 6.42 Å². The van der Waals surface area contributed by atoms with Crippen molar-refractivity contribution in [3.8, 4) is 5.75 Å². The Morgan fingerprint density at radius 2 is 1.64 bits per heavy atom. The summed E-state index contributed by atoms with van der Waals surface area (Å²) in [4.78, 5) is 63.3.